The maximum absolute atomic E-state index is 12.5. The van der Waals surface area contributed by atoms with Gasteiger partial charge in [0, 0.05) is 18.3 Å². The Hall–Kier alpha value is -3.42. The van der Waals surface area contributed by atoms with Crippen LogP contribution < -0.4 is 0 Å². The third kappa shape index (κ3) is 5.01. The second-order valence-electron chi connectivity index (χ2n) is 8.88. The van der Waals surface area contributed by atoms with Crippen molar-refractivity contribution in [3.8, 4) is 0 Å². The van der Waals surface area contributed by atoms with Gasteiger partial charge in [0.1, 0.15) is 0 Å². The van der Waals surface area contributed by atoms with Crippen LogP contribution in [0.5, 0.6) is 0 Å². The summed E-state index contributed by atoms with van der Waals surface area (Å²) >= 11 is 0. The first-order valence-electron chi connectivity index (χ1n) is 11.9. The molecule has 3 atom stereocenters. The molecule has 1 fully saturated rings. The number of esters is 1. The van der Waals surface area contributed by atoms with E-state index < -0.39 is 6.09 Å². The molecule has 0 radical (unpaired) electrons. The van der Waals surface area contributed by atoms with E-state index >= 15 is 0 Å². The molecule has 0 saturated carbocycles. The molecule has 0 bridgehead atoms. The van der Waals surface area contributed by atoms with Crippen molar-refractivity contribution < 1.29 is 19.1 Å². The van der Waals surface area contributed by atoms with Crippen molar-refractivity contribution in [2.75, 3.05) is 27.8 Å². The molecule has 4 rings (SSSR count). The molecule has 1 amide bonds. The van der Waals surface area contributed by atoms with E-state index in [1.807, 2.05) is 24.4 Å². The molecule has 7 heteroatoms. The number of nitrogens with zero attached hydrogens (tertiary/aromatic N) is 3. The topological polar surface area (TPSA) is 62.3 Å². The quantitative estimate of drug-likeness (QED) is 0.564. The molecule has 2 aliphatic heterocycles. The number of benzene rings is 2. The summed E-state index contributed by atoms with van der Waals surface area (Å²) < 4.78 is 10.2. The van der Waals surface area contributed by atoms with Crippen LogP contribution in [0, 0.1) is 5.92 Å². The number of allylic oxidation sites excluding steroid dienone is 1. The molecular weight excluding hydrogens is 442 g/mol. The lowest BCUT2D eigenvalue weighted by molar-refractivity contribution is -0.143. The molecule has 184 valence electrons. The first-order chi connectivity index (χ1) is 17.0. The van der Waals surface area contributed by atoms with Gasteiger partial charge < -0.3 is 9.47 Å². The number of amides is 1. The van der Waals surface area contributed by atoms with Crippen molar-refractivity contribution in [2.45, 2.75) is 31.6 Å². The lowest BCUT2D eigenvalue weighted by atomic mass is 9.91. The van der Waals surface area contributed by atoms with Gasteiger partial charge >= 0.3 is 12.1 Å². The maximum Gasteiger partial charge on any atom is 0.417 e. The molecule has 0 aromatic heterocycles. The lowest BCUT2D eigenvalue weighted by Gasteiger charge is -2.35. The summed E-state index contributed by atoms with van der Waals surface area (Å²) in [5.41, 5.74) is 3.35. The van der Waals surface area contributed by atoms with Crippen LogP contribution in [-0.2, 0) is 14.3 Å². The summed E-state index contributed by atoms with van der Waals surface area (Å²) in [7, 11) is 5.56. The van der Waals surface area contributed by atoms with E-state index in [-0.39, 0.29) is 36.6 Å². The lowest BCUT2D eigenvalue weighted by Crippen LogP contribution is -2.41. The summed E-state index contributed by atoms with van der Waals surface area (Å²) in [5, 5.41) is 0. The molecule has 0 N–H and O–H groups in total. The number of likely N-dealkylation sites (N-methyl/N-ethyl adjacent to an activating group) is 2. The van der Waals surface area contributed by atoms with Crippen LogP contribution in [0.2, 0.25) is 0 Å². The van der Waals surface area contributed by atoms with E-state index in [4.69, 9.17) is 9.47 Å². The molecule has 0 spiro atoms. The first kappa shape index (κ1) is 24.7. The van der Waals surface area contributed by atoms with Gasteiger partial charge in [-0.3, -0.25) is 19.5 Å². The zero-order chi connectivity index (χ0) is 24.9. The van der Waals surface area contributed by atoms with Gasteiger partial charge in [-0.25, -0.2) is 4.79 Å². The minimum Gasteiger partial charge on any atom is -0.466 e. The summed E-state index contributed by atoms with van der Waals surface area (Å²) in [6, 6.07) is 21.0. The number of rotatable bonds is 6. The van der Waals surface area contributed by atoms with Gasteiger partial charge in [-0.1, -0.05) is 66.7 Å². The van der Waals surface area contributed by atoms with Crippen LogP contribution in [0.1, 0.15) is 36.6 Å². The average molecular weight is 476 g/mol. The number of ether oxygens (including phenoxy) is 2. The minimum atomic E-state index is -0.476. The standard InChI is InChI=1S/C28H33N3O4/c1-5-35-24(32)18-22-16-17-31(28(33)34-4)19-23(22)27-29(2)25(20-12-8-6-9-13-20)26(30(27)3)21-14-10-7-11-15-21/h6-17,19,22,25-27H,5,18H2,1-4H3/t22-,25-,26-/m0/s1. The SMILES string of the molecule is CCOC(=O)C[C@@H]1C=CN(C(=O)OC)C=C1C1N(C)[C@@H](c2ccccc2)[C@H](c2ccccc2)N1C. The summed E-state index contributed by atoms with van der Waals surface area (Å²) in [6.07, 6.45) is 4.92. The molecule has 35 heavy (non-hydrogen) atoms. The third-order valence-electron chi connectivity index (χ3n) is 6.80. The van der Waals surface area contributed by atoms with E-state index in [2.05, 4.69) is 72.4 Å². The van der Waals surface area contributed by atoms with Crippen LogP contribution in [-0.4, -0.2) is 60.7 Å². The van der Waals surface area contributed by atoms with Crippen molar-refractivity contribution in [3.63, 3.8) is 0 Å². The Kier molecular flexibility index (Phi) is 7.68. The Bertz CT molecular complexity index is 1030. The van der Waals surface area contributed by atoms with Gasteiger partial charge in [-0.15, -0.1) is 0 Å². The molecule has 2 aromatic carbocycles. The van der Waals surface area contributed by atoms with Gasteiger partial charge in [0.2, 0.25) is 0 Å². The monoisotopic (exact) mass is 475 g/mol. The van der Waals surface area contributed by atoms with Gasteiger partial charge in [0.15, 0.2) is 0 Å². The molecule has 0 aliphatic carbocycles. The fourth-order valence-electron chi connectivity index (χ4n) is 5.31. The first-order valence-corrected chi connectivity index (χ1v) is 11.9. The Morgan fingerprint density at radius 3 is 1.91 bits per heavy atom. The van der Waals surface area contributed by atoms with Crippen LogP contribution >= 0.6 is 0 Å². The number of hydrogen-bond acceptors (Lipinski definition) is 6. The highest BCUT2D eigenvalue weighted by Crippen LogP contribution is 2.48. The second-order valence-corrected chi connectivity index (χ2v) is 8.88. The molecule has 2 heterocycles. The fraction of sp³-hybridized carbons (Fsp3) is 0.357. The Morgan fingerprint density at radius 1 is 0.886 bits per heavy atom. The van der Waals surface area contributed by atoms with Gasteiger partial charge in [0.25, 0.3) is 0 Å². The van der Waals surface area contributed by atoms with Gasteiger partial charge in [-0.05, 0) is 37.7 Å². The van der Waals surface area contributed by atoms with Gasteiger partial charge in [-0.2, -0.15) is 0 Å². The van der Waals surface area contributed by atoms with Crippen molar-refractivity contribution in [1.82, 2.24) is 14.7 Å². The van der Waals surface area contributed by atoms with E-state index in [0.29, 0.717) is 6.61 Å². The Morgan fingerprint density at radius 2 is 1.43 bits per heavy atom. The third-order valence-corrected chi connectivity index (χ3v) is 6.80. The van der Waals surface area contributed by atoms with E-state index in [1.54, 1.807) is 13.1 Å². The van der Waals surface area contributed by atoms with Crippen molar-refractivity contribution >= 4 is 12.1 Å². The maximum atomic E-state index is 12.5. The van der Waals surface area contributed by atoms with Gasteiger partial charge in [0.05, 0.1) is 38.4 Å². The molecular formula is C28H33N3O4. The highest BCUT2D eigenvalue weighted by molar-refractivity contribution is 5.73. The zero-order valence-electron chi connectivity index (χ0n) is 20.7. The molecule has 0 unspecified atom stereocenters. The number of carbonyl (C=O) groups is 2. The highest BCUT2D eigenvalue weighted by Gasteiger charge is 2.47. The van der Waals surface area contributed by atoms with Crippen LogP contribution in [0.15, 0.2) is 84.7 Å². The highest BCUT2D eigenvalue weighted by atomic mass is 16.5. The van der Waals surface area contributed by atoms with E-state index in [9.17, 15) is 9.59 Å². The largest absolute Gasteiger partial charge is 0.466 e. The zero-order valence-corrected chi connectivity index (χ0v) is 20.7. The van der Waals surface area contributed by atoms with Crippen molar-refractivity contribution in [2.24, 2.45) is 5.92 Å². The summed E-state index contributed by atoms with van der Waals surface area (Å²) in [6.45, 7) is 2.13. The van der Waals surface area contributed by atoms with Crippen LogP contribution in [0.25, 0.3) is 0 Å². The molecule has 2 aromatic rings. The average Bonchev–Trinajstić information content (AvgIpc) is 3.14. The van der Waals surface area contributed by atoms with Crippen molar-refractivity contribution in [3.05, 3.63) is 95.8 Å². The van der Waals surface area contributed by atoms with Crippen LogP contribution in [0.3, 0.4) is 0 Å². The van der Waals surface area contributed by atoms with E-state index in [1.165, 1.54) is 23.1 Å². The number of carbonyl (C=O) groups excluding carboxylic acids is 2. The predicted molar refractivity (Wildman–Crippen MR) is 134 cm³/mol. The normalized spacial score (nSPS) is 23.3. The smallest absolute Gasteiger partial charge is 0.417 e. The summed E-state index contributed by atoms with van der Waals surface area (Å²) in [5.74, 6) is -0.474. The second kappa shape index (κ2) is 10.9. The molecule has 1 saturated heterocycles. The summed E-state index contributed by atoms with van der Waals surface area (Å²) in [4.78, 5) is 30.9. The van der Waals surface area contributed by atoms with Crippen LogP contribution in [0.4, 0.5) is 4.79 Å². The Labute approximate surface area is 207 Å². The fourth-order valence-corrected chi connectivity index (χ4v) is 5.31. The van der Waals surface area contributed by atoms with Crippen molar-refractivity contribution in [1.29, 1.82) is 0 Å². The Balaban J connectivity index is 1.77. The van der Waals surface area contributed by atoms with E-state index in [0.717, 1.165) is 5.57 Å². The number of hydrogen-bond donors (Lipinski definition) is 0. The number of methoxy groups -OCH3 is 1. The minimum absolute atomic E-state index is 0.0650. The molecule has 2 aliphatic rings. The molecule has 7 nitrogen and oxygen atoms in total. The predicted octanol–water partition coefficient (Wildman–Crippen LogP) is 4.72.